The van der Waals surface area contributed by atoms with Gasteiger partial charge in [-0.25, -0.2) is 9.97 Å². The molecule has 2 heterocycles. The highest BCUT2D eigenvalue weighted by atomic mass is 15.2. The van der Waals surface area contributed by atoms with Crippen molar-refractivity contribution in [1.29, 1.82) is 0 Å². The van der Waals surface area contributed by atoms with Gasteiger partial charge in [-0.1, -0.05) is 0 Å². The van der Waals surface area contributed by atoms with Gasteiger partial charge in [0.2, 0.25) is 0 Å². The molecule has 0 aliphatic rings. The van der Waals surface area contributed by atoms with Crippen LogP contribution in [-0.2, 0) is 6.42 Å². The van der Waals surface area contributed by atoms with Crippen LogP contribution < -0.4 is 15.1 Å². The lowest BCUT2D eigenvalue weighted by Gasteiger charge is -2.19. The monoisotopic (exact) mass is 362 g/mol. The summed E-state index contributed by atoms with van der Waals surface area (Å²) in [7, 11) is 6.12. The smallest absolute Gasteiger partial charge is 0.136 e. The van der Waals surface area contributed by atoms with Crippen LogP contribution in [0.5, 0.6) is 0 Å². The van der Waals surface area contributed by atoms with Crippen molar-refractivity contribution in [2.24, 2.45) is 0 Å². The second kappa shape index (κ2) is 8.49. The fourth-order valence-corrected chi connectivity index (χ4v) is 2.76. The van der Waals surface area contributed by atoms with Gasteiger partial charge in [0.1, 0.15) is 17.5 Å². The van der Waals surface area contributed by atoms with E-state index < -0.39 is 0 Å². The molecular formula is C21H26N6. The second-order valence-electron chi connectivity index (χ2n) is 6.75. The third-order valence-electron chi connectivity index (χ3n) is 4.36. The number of nitrogens with one attached hydrogen (secondary N) is 1. The maximum Gasteiger partial charge on any atom is 0.136 e. The number of benzene rings is 1. The van der Waals surface area contributed by atoms with Gasteiger partial charge < -0.3 is 15.1 Å². The average molecular weight is 362 g/mol. The van der Waals surface area contributed by atoms with Gasteiger partial charge in [0.05, 0.1) is 0 Å². The zero-order valence-electron chi connectivity index (χ0n) is 16.3. The predicted octanol–water partition coefficient (Wildman–Crippen LogP) is 3.67. The molecule has 0 aliphatic heterocycles. The van der Waals surface area contributed by atoms with Crippen LogP contribution in [-0.4, -0.2) is 42.6 Å². The van der Waals surface area contributed by atoms with E-state index in [2.05, 4.69) is 61.4 Å². The first-order valence-corrected chi connectivity index (χ1v) is 9.01. The van der Waals surface area contributed by atoms with Crippen molar-refractivity contribution in [1.82, 2.24) is 15.0 Å². The topological polar surface area (TPSA) is 57.2 Å². The Hall–Kier alpha value is -3.15. The number of aromatic nitrogens is 3. The highest BCUT2D eigenvalue weighted by molar-refractivity contribution is 5.62. The lowest BCUT2D eigenvalue weighted by molar-refractivity contribution is 0.848. The van der Waals surface area contributed by atoms with Gasteiger partial charge in [0.15, 0.2) is 0 Å². The maximum absolute atomic E-state index is 4.58. The van der Waals surface area contributed by atoms with E-state index in [0.717, 1.165) is 41.8 Å². The minimum Gasteiger partial charge on any atom is -0.378 e. The predicted molar refractivity (Wildman–Crippen MR) is 112 cm³/mol. The molecule has 1 aromatic carbocycles. The van der Waals surface area contributed by atoms with Crippen LogP contribution in [0, 0.1) is 6.92 Å². The van der Waals surface area contributed by atoms with Crippen molar-refractivity contribution >= 4 is 23.0 Å². The summed E-state index contributed by atoms with van der Waals surface area (Å²) < 4.78 is 0. The van der Waals surface area contributed by atoms with Crippen molar-refractivity contribution in [3.63, 3.8) is 0 Å². The summed E-state index contributed by atoms with van der Waals surface area (Å²) in [5.74, 6) is 2.45. The molecule has 6 heteroatoms. The van der Waals surface area contributed by atoms with E-state index in [1.807, 2.05) is 51.6 Å². The Balaban J connectivity index is 1.69. The van der Waals surface area contributed by atoms with Crippen LogP contribution >= 0.6 is 0 Å². The van der Waals surface area contributed by atoms with Crippen LogP contribution in [0.3, 0.4) is 0 Å². The zero-order chi connectivity index (χ0) is 19.2. The Bertz CT molecular complexity index is 862. The van der Waals surface area contributed by atoms with Gasteiger partial charge in [-0.3, -0.25) is 4.98 Å². The highest BCUT2D eigenvalue weighted by Gasteiger charge is 2.08. The summed E-state index contributed by atoms with van der Waals surface area (Å²) in [5, 5.41) is 3.38. The number of aryl methyl sites for hydroxylation is 1. The molecule has 0 amide bonds. The minimum absolute atomic E-state index is 0.746. The quantitative estimate of drug-likeness (QED) is 0.692. The Labute approximate surface area is 160 Å². The number of likely N-dealkylation sites (N-methyl/N-ethyl adjacent to an activating group) is 1. The van der Waals surface area contributed by atoms with Crippen LogP contribution in [0.15, 0.2) is 54.9 Å². The standard InChI is InChI=1S/C21H26N6/c1-16-23-20(25-18-5-7-19(8-6-18)26(2)3)15-21(24-16)27(4)14-11-17-9-12-22-13-10-17/h5-10,12-13,15H,11,14H2,1-4H3,(H,23,24,25). The Morgan fingerprint density at radius 3 is 2.30 bits per heavy atom. The van der Waals surface area contributed by atoms with E-state index in [1.165, 1.54) is 5.56 Å². The van der Waals surface area contributed by atoms with Gasteiger partial charge >= 0.3 is 0 Å². The number of nitrogens with zero attached hydrogens (tertiary/aromatic N) is 5. The Kier molecular flexibility index (Phi) is 5.86. The summed E-state index contributed by atoms with van der Waals surface area (Å²) in [6, 6.07) is 14.3. The van der Waals surface area contributed by atoms with Gasteiger partial charge in [0.25, 0.3) is 0 Å². The fourth-order valence-electron chi connectivity index (χ4n) is 2.76. The molecule has 0 saturated heterocycles. The molecule has 0 atom stereocenters. The lowest BCUT2D eigenvalue weighted by atomic mass is 10.2. The molecule has 0 unspecified atom stereocenters. The third-order valence-corrected chi connectivity index (χ3v) is 4.36. The molecule has 6 nitrogen and oxygen atoms in total. The first kappa shape index (κ1) is 18.6. The van der Waals surface area contributed by atoms with Crippen LogP contribution in [0.4, 0.5) is 23.0 Å². The van der Waals surface area contributed by atoms with Crippen molar-refractivity contribution in [2.75, 3.05) is 42.8 Å². The molecule has 0 spiro atoms. The molecular weight excluding hydrogens is 336 g/mol. The van der Waals surface area contributed by atoms with Crippen LogP contribution in [0.1, 0.15) is 11.4 Å². The summed E-state index contributed by atoms with van der Waals surface area (Å²) in [6.07, 6.45) is 4.60. The Morgan fingerprint density at radius 1 is 0.926 bits per heavy atom. The molecule has 0 radical (unpaired) electrons. The number of pyridine rings is 1. The SMILES string of the molecule is Cc1nc(Nc2ccc(N(C)C)cc2)cc(N(C)CCc2ccncc2)n1. The molecule has 27 heavy (non-hydrogen) atoms. The summed E-state index contributed by atoms with van der Waals surface area (Å²) >= 11 is 0. The molecule has 140 valence electrons. The second-order valence-corrected chi connectivity index (χ2v) is 6.75. The van der Waals surface area contributed by atoms with E-state index in [4.69, 9.17) is 0 Å². The van der Waals surface area contributed by atoms with Crippen LogP contribution in [0.25, 0.3) is 0 Å². The molecule has 0 aliphatic carbocycles. The summed E-state index contributed by atoms with van der Waals surface area (Å²) in [4.78, 5) is 17.4. The number of hydrogen-bond acceptors (Lipinski definition) is 6. The summed E-state index contributed by atoms with van der Waals surface area (Å²) in [6.45, 7) is 2.79. The first-order valence-electron chi connectivity index (χ1n) is 9.01. The molecule has 0 bridgehead atoms. The van der Waals surface area contributed by atoms with E-state index in [1.54, 1.807) is 0 Å². The first-order chi connectivity index (χ1) is 13.0. The largest absolute Gasteiger partial charge is 0.378 e. The molecule has 1 N–H and O–H groups in total. The van der Waals surface area contributed by atoms with Crippen molar-refractivity contribution in [3.8, 4) is 0 Å². The number of hydrogen-bond donors (Lipinski definition) is 1. The van der Waals surface area contributed by atoms with Gasteiger partial charge in [0, 0.05) is 57.5 Å². The fraction of sp³-hybridized carbons (Fsp3) is 0.286. The minimum atomic E-state index is 0.746. The molecule has 3 aromatic rings. The number of anilines is 4. The van der Waals surface area contributed by atoms with Crippen molar-refractivity contribution in [3.05, 3.63) is 66.2 Å². The van der Waals surface area contributed by atoms with E-state index in [0.29, 0.717) is 0 Å². The molecule has 0 saturated carbocycles. The summed E-state index contributed by atoms with van der Waals surface area (Å²) in [5.41, 5.74) is 3.43. The van der Waals surface area contributed by atoms with E-state index in [9.17, 15) is 0 Å². The van der Waals surface area contributed by atoms with Gasteiger partial charge in [-0.05, 0) is 55.3 Å². The average Bonchev–Trinajstić information content (AvgIpc) is 2.67. The normalized spacial score (nSPS) is 10.5. The van der Waals surface area contributed by atoms with Crippen molar-refractivity contribution < 1.29 is 0 Å². The van der Waals surface area contributed by atoms with Crippen molar-refractivity contribution in [2.45, 2.75) is 13.3 Å². The van der Waals surface area contributed by atoms with Crippen LogP contribution in [0.2, 0.25) is 0 Å². The molecule has 3 rings (SSSR count). The number of rotatable bonds is 7. The zero-order valence-corrected chi connectivity index (χ0v) is 16.3. The van der Waals surface area contributed by atoms with Gasteiger partial charge in [-0.15, -0.1) is 0 Å². The maximum atomic E-state index is 4.58. The lowest BCUT2D eigenvalue weighted by Crippen LogP contribution is -2.22. The van der Waals surface area contributed by atoms with E-state index in [-0.39, 0.29) is 0 Å². The highest BCUT2D eigenvalue weighted by Crippen LogP contribution is 2.21. The molecule has 0 fully saturated rings. The van der Waals surface area contributed by atoms with Gasteiger partial charge in [-0.2, -0.15) is 0 Å². The Morgan fingerprint density at radius 2 is 1.63 bits per heavy atom. The molecule has 2 aromatic heterocycles. The third kappa shape index (κ3) is 5.17. The van der Waals surface area contributed by atoms with E-state index >= 15 is 0 Å².